The van der Waals surface area contributed by atoms with Crippen molar-refractivity contribution in [1.29, 1.82) is 0 Å². The molecule has 2 aliphatic heterocycles. The van der Waals surface area contributed by atoms with Gasteiger partial charge in [0.05, 0.1) is 0 Å². The number of aromatic nitrogens is 2. The standard InChI is InChI=1S/C21H25FN4O2/c22-17-8-5-7-16(13-17)15-25-11-6-12-26-19(21(25)28)14-18(23-26)20(27)24-9-3-1-2-4-10-24/h5,7-8,13-14H,1-4,6,9-12,15H2. The van der Waals surface area contributed by atoms with Gasteiger partial charge in [-0.25, -0.2) is 4.39 Å². The molecule has 0 atom stereocenters. The molecule has 0 N–H and O–H groups in total. The van der Waals surface area contributed by atoms with E-state index in [0.29, 0.717) is 31.0 Å². The molecule has 0 radical (unpaired) electrons. The molecule has 0 unspecified atom stereocenters. The van der Waals surface area contributed by atoms with Gasteiger partial charge in [0.2, 0.25) is 0 Å². The fraction of sp³-hybridized carbons (Fsp3) is 0.476. The summed E-state index contributed by atoms with van der Waals surface area (Å²) in [6.07, 6.45) is 5.07. The van der Waals surface area contributed by atoms with Gasteiger partial charge in [0.15, 0.2) is 5.69 Å². The molecule has 2 aromatic rings. The van der Waals surface area contributed by atoms with Crippen LogP contribution in [-0.2, 0) is 13.1 Å². The molecule has 28 heavy (non-hydrogen) atoms. The Bertz CT molecular complexity index is 871. The van der Waals surface area contributed by atoms with Crippen LogP contribution in [0.1, 0.15) is 58.6 Å². The summed E-state index contributed by atoms with van der Waals surface area (Å²) in [6.45, 7) is 3.01. The normalized spacial score (nSPS) is 17.8. The molecule has 3 heterocycles. The smallest absolute Gasteiger partial charge is 0.274 e. The first-order valence-corrected chi connectivity index (χ1v) is 10.0. The highest BCUT2D eigenvalue weighted by Crippen LogP contribution is 2.19. The first kappa shape index (κ1) is 18.7. The highest BCUT2D eigenvalue weighted by Gasteiger charge is 2.28. The van der Waals surface area contributed by atoms with Gasteiger partial charge < -0.3 is 9.80 Å². The second kappa shape index (κ2) is 8.12. The molecule has 2 amide bonds. The lowest BCUT2D eigenvalue weighted by atomic mass is 10.2. The quantitative estimate of drug-likeness (QED) is 0.817. The van der Waals surface area contributed by atoms with E-state index in [-0.39, 0.29) is 17.6 Å². The van der Waals surface area contributed by atoms with Crippen LogP contribution in [0.4, 0.5) is 4.39 Å². The number of halogens is 1. The molecular weight excluding hydrogens is 359 g/mol. The molecule has 1 aromatic heterocycles. The van der Waals surface area contributed by atoms with Gasteiger partial charge in [0.1, 0.15) is 11.5 Å². The van der Waals surface area contributed by atoms with Crippen molar-refractivity contribution in [3.8, 4) is 0 Å². The van der Waals surface area contributed by atoms with E-state index in [4.69, 9.17) is 0 Å². The molecule has 148 valence electrons. The number of carbonyl (C=O) groups is 2. The number of nitrogens with zero attached hydrogens (tertiary/aromatic N) is 4. The van der Waals surface area contributed by atoms with E-state index >= 15 is 0 Å². The van der Waals surface area contributed by atoms with Crippen LogP contribution in [0.3, 0.4) is 0 Å². The monoisotopic (exact) mass is 384 g/mol. The third-order valence-electron chi connectivity index (χ3n) is 5.46. The van der Waals surface area contributed by atoms with E-state index in [9.17, 15) is 14.0 Å². The summed E-state index contributed by atoms with van der Waals surface area (Å²) in [7, 11) is 0. The fourth-order valence-corrected chi connectivity index (χ4v) is 3.98. The van der Waals surface area contributed by atoms with Crippen molar-refractivity contribution >= 4 is 11.8 Å². The Morgan fingerprint density at radius 2 is 1.79 bits per heavy atom. The average molecular weight is 384 g/mol. The molecule has 1 aromatic carbocycles. The van der Waals surface area contributed by atoms with Crippen LogP contribution < -0.4 is 0 Å². The predicted molar refractivity (Wildman–Crippen MR) is 102 cm³/mol. The minimum Gasteiger partial charge on any atom is -0.337 e. The van der Waals surface area contributed by atoms with Gasteiger partial charge in [-0.2, -0.15) is 5.10 Å². The summed E-state index contributed by atoms with van der Waals surface area (Å²) in [4.78, 5) is 29.5. The number of amides is 2. The van der Waals surface area contributed by atoms with E-state index in [1.807, 2.05) is 11.0 Å². The van der Waals surface area contributed by atoms with Gasteiger partial charge in [-0.3, -0.25) is 14.3 Å². The third kappa shape index (κ3) is 3.93. The third-order valence-corrected chi connectivity index (χ3v) is 5.46. The number of hydrogen-bond donors (Lipinski definition) is 0. The fourth-order valence-electron chi connectivity index (χ4n) is 3.98. The molecule has 7 heteroatoms. The number of hydrogen-bond acceptors (Lipinski definition) is 3. The number of aryl methyl sites for hydroxylation is 1. The Kier molecular flexibility index (Phi) is 5.41. The predicted octanol–water partition coefficient (Wildman–Crippen LogP) is 3.08. The first-order valence-electron chi connectivity index (χ1n) is 10.0. The number of fused-ring (bicyclic) bond motifs is 1. The largest absolute Gasteiger partial charge is 0.337 e. The summed E-state index contributed by atoms with van der Waals surface area (Å²) in [6, 6.07) is 7.93. The van der Waals surface area contributed by atoms with Crippen LogP contribution in [0.2, 0.25) is 0 Å². The SMILES string of the molecule is O=C(c1cc2n(n1)CCCN(Cc1cccc(F)c1)C2=O)N1CCCCCC1. The van der Waals surface area contributed by atoms with E-state index in [1.165, 1.54) is 12.1 Å². The lowest BCUT2D eigenvalue weighted by Crippen LogP contribution is -2.32. The molecule has 1 saturated heterocycles. The Hall–Kier alpha value is -2.70. The van der Waals surface area contributed by atoms with Crippen molar-refractivity contribution in [2.45, 2.75) is 45.2 Å². The lowest BCUT2D eigenvalue weighted by molar-refractivity contribution is 0.0744. The molecule has 6 nitrogen and oxygen atoms in total. The van der Waals surface area contributed by atoms with Crippen LogP contribution in [0.25, 0.3) is 0 Å². The number of carbonyl (C=O) groups excluding carboxylic acids is 2. The molecule has 0 spiro atoms. The highest BCUT2D eigenvalue weighted by atomic mass is 19.1. The van der Waals surface area contributed by atoms with Crippen LogP contribution in [0.5, 0.6) is 0 Å². The maximum Gasteiger partial charge on any atom is 0.274 e. The van der Waals surface area contributed by atoms with Crippen molar-refractivity contribution in [1.82, 2.24) is 19.6 Å². The van der Waals surface area contributed by atoms with Crippen molar-refractivity contribution in [2.24, 2.45) is 0 Å². The zero-order chi connectivity index (χ0) is 19.5. The molecule has 0 aliphatic carbocycles. The zero-order valence-electron chi connectivity index (χ0n) is 15.9. The minimum atomic E-state index is -0.310. The van der Waals surface area contributed by atoms with E-state index in [0.717, 1.165) is 50.8 Å². The maximum atomic E-state index is 13.5. The van der Waals surface area contributed by atoms with E-state index in [1.54, 1.807) is 21.7 Å². The average Bonchev–Trinajstić information content (AvgIpc) is 2.84. The van der Waals surface area contributed by atoms with Crippen molar-refractivity contribution in [3.05, 3.63) is 53.1 Å². The highest BCUT2D eigenvalue weighted by molar-refractivity contribution is 5.98. The number of benzene rings is 1. The lowest BCUT2D eigenvalue weighted by Gasteiger charge is -2.20. The van der Waals surface area contributed by atoms with Gasteiger partial charge in [-0.15, -0.1) is 0 Å². The van der Waals surface area contributed by atoms with Crippen LogP contribution in [-0.4, -0.2) is 51.0 Å². The van der Waals surface area contributed by atoms with Gasteiger partial charge >= 0.3 is 0 Å². The zero-order valence-corrected chi connectivity index (χ0v) is 15.9. The Morgan fingerprint density at radius 3 is 2.54 bits per heavy atom. The summed E-state index contributed by atoms with van der Waals surface area (Å²) >= 11 is 0. The summed E-state index contributed by atoms with van der Waals surface area (Å²) < 4.78 is 15.1. The molecule has 2 aliphatic rings. The van der Waals surface area contributed by atoms with Crippen LogP contribution in [0, 0.1) is 5.82 Å². The van der Waals surface area contributed by atoms with E-state index < -0.39 is 0 Å². The summed E-state index contributed by atoms with van der Waals surface area (Å²) in [5.74, 6) is -0.564. The van der Waals surface area contributed by atoms with Gasteiger partial charge in [-0.1, -0.05) is 25.0 Å². The topological polar surface area (TPSA) is 58.4 Å². The van der Waals surface area contributed by atoms with Gasteiger partial charge in [-0.05, 0) is 37.0 Å². The Labute approximate surface area is 163 Å². The van der Waals surface area contributed by atoms with Gasteiger partial charge in [0.25, 0.3) is 11.8 Å². The van der Waals surface area contributed by atoms with Crippen molar-refractivity contribution in [3.63, 3.8) is 0 Å². The van der Waals surface area contributed by atoms with Crippen LogP contribution in [0.15, 0.2) is 30.3 Å². The number of likely N-dealkylation sites (tertiary alicyclic amines) is 1. The summed E-state index contributed by atoms with van der Waals surface area (Å²) in [5, 5.41) is 4.44. The molecule has 1 fully saturated rings. The molecule has 0 bridgehead atoms. The maximum absolute atomic E-state index is 13.5. The Morgan fingerprint density at radius 1 is 1.00 bits per heavy atom. The molecule has 0 saturated carbocycles. The van der Waals surface area contributed by atoms with Crippen LogP contribution >= 0.6 is 0 Å². The minimum absolute atomic E-state index is 0.0908. The first-order chi connectivity index (χ1) is 13.6. The van der Waals surface area contributed by atoms with Crippen molar-refractivity contribution in [2.75, 3.05) is 19.6 Å². The van der Waals surface area contributed by atoms with E-state index in [2.05, 4.69) is 5.10 Å². The second-order valence-corrected chi connectivity index (χ2v) is 7.55. The molecular formula is C21H25FN4O2. The number of rotatable bonds is 3. The van der Waals surface area contributed by atoms with Crippen molar-refractivity contribution < 1.29 is 14.0 Å². The van der Waals surface area contributed by atoms with Gasteiger partial charge in [0, 0.05) is 38.8 Å². The second-order valence-electron chi connectivity index (χ2n) is 7.55. The molecule has 4 rings (SSSR count). The summed E-state index contributed by atoms with van der Waals surface area (Å²) in [5.41, 5.74) is 1.53. The Balaban J connectivity index is 1.53.